The van der Waals surface area contributed by atoms with E-state index in [-0.39, 0.29) is 0 Å². The maximum Gasteiger partial charge on any atom is 0.328 e. The third-order valence-electron chi connectivity index (χ3n) is 3.79. The van der Waals surface area contributed by atoms with Crippen molar-refractivity contribution in [1.82, 2.24) is 0 Å². The van der Waals surface area contributed by atoms with E-state index >= 15 is 0 Å². The highest BCUT2D eigenvalue weighted by atomic mass is 16.4. The fraction of sp³-hybridized carbons (Fsp3) is 0.0500. The Hall–Kier alpha value is -2.87. The van der Waals surface area contributed by atoms with E-state index in [0.29, 0.717) is 0 Å². The molecule has 0 saturated heterocycles. The summed E-state index contributed by atoms with van der Waals surface area (Å²) < 4.78 is 0. The first-order valence-corrected chi connectivity index (χ1v) is 7.15. The van der Waals surface area contributed by atoms with Crippen molar-refractivity contribution in [2.24, 2.45) is 0 Å². The van der Waals surface area contributed by atoms with Crippen LogP contribution in [-0.4, -0.2) is 11.1 Å². The van der Waals surface area contributed by atoms with Crippen LogP contribution in [0.1, 0.15) is 11.1 Å². The third-order valence-corrected chi connectivity index (χ3v) is 3.79. The van der Waals surface area contributed by atoms with Gasteiger partial charge in [-0.2, -0.15) is 0 Å². The molecule has 3 rings (SSSR count). The molecule has 108 valence electrons. The summed E-state index contributed by atoms with van der Waals surface area (Å²) >= 11 is 0. The molecular formula is C20H16O2. The average Bonchev–Trinajstić information content (AvgIpc) is 2.53. The maximum atomic E-state index is 10.7. The molecule has 2 heteroatoms. The first-order chi connectivity index (χ1) is 10.6. The van der Waals surface area contributed by atoms with E-state index in [4.69, 9.17) is 5.11 Å². The quantitative estimate of drug-likeness (QED) is 0.695. The molecule has 0 unspecified atom stereocenters. The van der Waals surface area contributed by atoms with E-state index in [1.807, 2.05) is 37.3 Å². The molecule has 0 bridgehead atoms. The normalized spacial score (nSPS) is 11.1. The lowest BCUT2D eigenvalue weighted by Gasteiger charge is -2.09. The van der Waals surface area contributed by atoms with Crippen LogP contribution in [0.4, 0.5) is 0 Å². The molecule has 3 aromatic carbocycles. The van der Waals surface area contributed by atoms with E-state index in [2.05, 4.69) is 30.3 Å². The Bertz CT molecular complexity index is 871. The van der Waals surface area contributed by atoms with Crippen molar-refractivity contribution in [3.63, 3.8) is 0 Å². The number of fused-ring (bicyclic) bond motifs is 1. The second-order valence-electron chi connectivity index (χ2n) is 5.27. The number of aliphatic carboxylic acids is 1. The fourth-order valence-electron chi connectivity index (χ4n) is 2.63. The van der Waals surface area contributed by atoms with Gasteiger partial charge in [-0.15, -0.1) is 0 Å². The van der Waals surface area contributed by atoms with E-state index in [9.17, 15) is 4.79 Å². The lowest BCUT2D eigenvalue weighted by Crippen LogP contribution is -1.89. The molecule has 3 aromatic rings. The van der Waals surface area contributed by atoms with Crippen LogP contribution >= 0.6 is 0 Å². The second kappa shape index (κ2) is 5.86. The summed E-state index contributed by atoms with van der Waals surface area (Å²) in [4.78, 5) is 10.7. The van der Waals surface area contributed by atoms with Crippen molar-refractivity contribution in [3.8, 4) is 11.1 Å². The number of benzene rings is 3. The van der Waals surface area contributed by atoms with E-state index in [0.717, 1.165) is 22.3 Å². The molecule has 0 amide bonds. The van der Waals surface area contributed by atoms with Crippen LogP contribution in [-0.2, 0) is 4.79 Å². The van der Waals surface area contributed by atoms with Gasteiger partial charge in [0.05, 0.1) is 0 Å². The van der Waals surface area contributed by atoms with Gasteiger partial charge in [0.2, 0.25) is 0 Å². The molecule has 0 heterocycles. The molecule has 2 nitrogen and oxygen atoms in total. The average molecular weight is 288 g/mol. The zero-order valence-electron chi connectivity index (χ0n) is 12.3. The standard InChI is InChI=1S/C20H16O2/c1-14-9-10-17(13-16(14)11-12-20(21)22)19-8-4-6-15-5-2-3-7-18(15)19/h2-13H,1H3,(H,21,22)/b12-11+. The fourth-order valence-corrected chi connectivity index (χ4v) is 2.63. The van der Waals surface area contributed by atoms with Crippen LogP contribution in [0.15, 0.2) is 66.7 Å². The summed E-state index contributed by atoms with van der Waals surface area (Å²) in [6.07, 6.45) is 2.82. The number of carboxylic acids is 1. The predicted octanol–water partition coefficient (Wildman–Crippen LogP) is 4.91. The van der Waals surface area contributed by atoms with Crippen LogP contribution in [0.5, 0.6) is 0 Å². The molecule has 0 spiro atoms. The summed E-state index contributed by atoms with van der Waals surface area (Å²) in [6.45, 7) is 1.98. The minimum atomic E-state index is -0.935. The highest BCUT2D eigenvalue weighted by Crippen LogP contribution is 2.30. The van der Waals surface area contributed by atoms with Gasteiger partial charge in [-0.05, 0) is 52.1 Å². The van der Waals surface area contributed by atoms with Crippen LogP contribution in [0, 0.1) is 6.92 Å². The number of carbonyl (C=O) groups is 1. The lowest BCUT2D eigenvalue weighted by atomic mass is 9.95. The predicted molar refractivity (Wildman–Crippen MR) is 90.8 cm³/mol. The van der Waals surface area contributed by atoms with Gasteiger partial charge in [0.15, 0.2) is 0 Å². The summed E-state index contributed by atoms with van der Waals surface area (Å²) in [5.74, 6) is -0.935. The second-order valence-corrected chi connectivity index (χ2v) is 5.27. The van der Waals surface area contributed by atoms with Crippen LogP contribution in [0.3, 0.4) is 0 Å². The van der Waals surface area contributed by atoms with E-state index in [1.54, 1.807) is 6.08 Å². The lowest BCUT2D eigenvalue weighted by molar-refractivity contribution is -0.131. The first-order valence-electron chi connectivity index (χ1n) is 7.15. The topological polar surface area (TPSA) is 37.3 Å². The number of carboxylic acid groups (broad SMARTS) is 1. The van der Waals surface area contributed by atoms with Gasteiger partial charge >= 0.3 is 5.97 Å². The number of hydrogen-bond donors (Lipinski definition) is 1. The molecule has 0 fully saturated rings. The summed E-state index contributed by atoms with van der Waals surface area (Å²) in [5.41, 5.74) is 4.23. The van der Waals surface area contributed by atoms with E-state index in [1.165, 1.54) is 16.8 Å². The Morgan fingerprint density at radius 1 is 1.00 bits per heavy atom. The van der Waals surface area contributed by atoms with E-state index < -0.39 is 5.97 Å². The van der Waals surface area contributed by atoms with Crippen molar-refractivity contribution in [1.29, 1.82) is 0 Å². The van der Waals surface area contributed by atoms with Crippen LogP contribution in [0.2, 0.25) is 0 Å². The molecule has 0 aliphatic carbocycles. The third kappa shape index (κ3) is 2.77. The smallest absolute Gasteiger partial charge is 0.328 e. The summed E-state index contributed by atoms with van der Waals surface area (Å²) in [7, 11) is 0. The summed E-state index contributed by atoms with van der Waals surface area (Å²) in [6, 6.07) is 20.6. The Morgan fingerprint density at radius 3 is 2.59 bits per heavy atom. The molecule has 22 heavy (non-hydrogen) atoms. The number of hydrogen-bond acceptors (Lipinski definition) is 1. The molecule has 0 aromatic heterocycles. The largest absolute Gasteiger partial charge is 0.478 e. The molecule has 1 N–H and O–H groups in total. The highest BCUT2D eigenvalue weighted by molar-refractivity contribution is 5.97. The van der Waals surface area contributed by atoms with Crippen molar-refractivity contribution in [2.45, 2.75) is 6.92 Å². The van der Waals surface area contributed by atoms with Crippen LogP contribution in [0.25, 0.3) is 28.0 Å². The molecule has 0 aliphatic rings. The minimum absolute atomic E-state index is 0.924. The SMILES string of the molecule is Cc1ccc(-c2cccc3ccccc23)cc1/C=C/C(=O)O. The zero-order chi connectivity index (χ0) is 15.5. The van der Waals surface area contributed by atoms with Gasteiger partial charge in [-0.1, -0.05) is 54.6 Å². The Labute approximate surface area is 129 Å². The first kappa shape index (κ1) is 14.1. The Kier molecular flexibility index (Phi) is 3.75. The monoisotopic (exact) mass is 288 g/mol. The molecule has 0 aliphatic heterocycles. The number of rotatable bonds is 3. The molecule has 0 atom stereocenters. The van der Waals surface area contributed by atoms with Crippen molar-refractivity contribution >= 4 is 22.8 Å². The Balaban J connectivity index is 2.15. The van der Waals surface area contributed by atoms with Gasteiger partial charge in [0.25, 0.3) is 0 Å². The van der Waals surface area contributed by atoms with Gasteiger partial charge in [-0.25, -0.2) is 4.79 Å². The number of aryl methyl sites for hydroxylation is 1. The van der Waals surface area contributed by atoms with Gasteiger partial charge in [0, 0.05) is 6.08 Å². The van der Waals surface area contributed by atoms with Crippen molar-refractivity contribution in [3.05, 3.63) is 77.9 Å². The van der Waals surface area contributed by atoms with Crippen molar-refractivity contribution in [2.75, 3.05) is 0 Å². The Morgan fingerprint density at radius 2 is 1.77 bits per heavy atom. The maximum absolute atomic E-state index is 10.7. The van der Waals surface area contributed by atoms with Gasteiger partial charge in [0.1, 0.15) is 0 Å². The molecule has 0 radical (unpaired) electrons. The van der Waals surface area contributed by atoms with Gasteiger partial charge in [-0.3, -0.25) is 0 Å². The van der Waals surface area contributed by atoms with Crippen LogP contribution < -0.4 is 0 Å². The zero-order valence-corrected chi connectivity index (χ0v) is 12.3. The molecular weight excluding hydrogens is 272 g/mol. The highest BCUT2D eigenvalue weighted by Gasteiger charge is 2.05. The van der Waals surface area contributed by atoms with Crippen molar-refractivity contribution < 1.29 is 9.90 Å². The minimum Gasteiger partial charge on any atom is -0.478 e. The molecule has 0 saturated carbocycles. The summed E-state index contributed by atoms with van der Waals surface area (Å²) in [5, 5.41) is 11.2. The van der Waals surface area contributed by atoms with Gasteiger partial charge < -0.3 is 5.11 Å².